The van der Waals surface area contributed by atoms with Crippen LogP contribution in [0.1, 0.15) is 12.8 Å². The van der Waals surface area contributed by atoms with Gasteiger partial charge in [0.15, 0.2) is 0 Å². The first-order valence-electron chi connectivity index (χ1n) is 6.59. The number of ether oxygens (including phenoxy) is 2. The second-order valence-electron chi connectivity index (χ2n) is 5.01. The minimum absolute atomic E-state index is 0.152. The molecule has 0 saturated carbocycles. The van der Waals surface area contributed by atoms with Crippen molar-refractivity contribution in [3.05, 3.63) is 0 Å². The summed E-state index contributed by atoms with van der Waals surface area (Å²) in [6, 6.07) is -0.784. The molecule has 0 aliphatic carbocycles. The molecule has 0 radical (unpaired) electrons. The number of carbonyl (C=O) groups excluding carboxylic acids is 1. The third-order valence-corrected chi connectivity index (χ3v) is 3.58. The molecule has 2 amide bonds. The Bertz CT molecular complexity index is 330. The maximum Gasteiger partial charge on any atom is 0.315 e. The van der Waals surface area contributed by atoms with Gasteiger partial charge in [-0.3, -0.25) is 4.79 Å². The lowest BCUT2D eigenvalue weighted by Gasteiger charge is -2.16. The number of rotatable bonds is 5. The van der Waals surface area contributed by atoms with Gasteiger partial charge < -0.3 is 25.2 Å². The van der Waals surface area contributed by atoms with Gasteiger partial charge >= 0.3 is 12.0 Å². The number of hydrogen-bond acceptors (Lipinski definition) is 4. The van der Waals surface area contributed by atoms with E-state index in [0.29, 0.717) is 12.5 Å². The fourth-order valence-corrected chi connectivity index (χ4v) is 2.36. The zero-order chi connectivity index (χ0) is 13.7. The lowest BCUT2D eigenvalue weighted by atomic mass is 10.0. The molecule has 0 bridgehead atoms. The first kappa shape index (κ1) is 14.1. The van der Waals surface area contributed by atoms with Gasteiger partial charge in [0.25, 0.3) is 0 Å². The van der Waals surface area contributed by atoms with Crippen LogP contribution >= 0.6 is 0 Å². The summed E-state index contributed by atoms with van der Waals surface area (Å²) in [6.45, 7) is 2.54. The number of amides is 2. The van der Waals surface area contributed by atoms with Crippen LogP contribution in [-0.2, 0) is 14.3 Å². The Labute approximate surface area is 111 Å². The molecule has 3 N–H and O–H groups in total. The highest BCUT2D eigenvalue weighted by Gasteiger charge is 2.35. The van der Waals surface area contributed by atoms with Gasteiger partial charge in [0.1, 0.15) is 5.92 Å². The van der Waals surface area contributed by atoms with Crippen molar-refractivity contribution >= 4 is 12.0 Å². The SMILES string of the molecule is O=C(NCCC1CCOC1)NC1COCC1C(=O)O. The lowest BCUT2D eigenvalue weighted by molar-refractivity contribution is -0.142. The van der Waals surface area contributed by atoms with Crippen LogP contribution in [0.15, 0.2) is 0 Å². The summed E-state index contributed by atoms with van der Waals surface area (Å²) in [6.07, 6.45) is 1.93. The van der Waals surface area contributed by atoms with Gasteiger partial charge in [-0.05, 0) is 18.8 Å². The largest absolute Gasteiger partial charge is 0.481 e. The van der Waals surface area contributed by atoms with Gasteiger partial charge in [0, 0.05) is 19.8 Å². The summed E-state index contributed by atoms with van der Waals surface area (Å²) in [5, 5.41) is 14.3. The van der Waals surface area contributed by atoms with Crippen molar-refractivity contribution in [3.63, 3.8) is 0 Å². The average Bonchev–Trinajstić information content (AvgIpc) is 2.99. The van der Waals surface area contributed by atoms with Gasteiger partial charge in [-0.25, -0.2) is 4.79 Å². The zero-order valence-corrected chi connectivity index (χ0v) is 10.8. The molecule has 2 fully saturated rings. The number of carboxylic acid groups (broad SMARTS) is 1. The lowest BCUT2D eigenvalue weighted by Crippen LogP contribution is -2.47. The molecule has 0 aromatic rings. The molecule has 0 spiro atoms. The van der Waals surface area contributed by atoms with E-state index >= 15 is 0 Å². The van der Waals surface area contributed by atoms with Crippen molar-refractivity contribution in [3.8, 4) is 0 Å². The van der Waals surface area contributed by atoms with Crippen LogP contribution in [0.3, 0.4) is 0 Å². The smallest absolute Gasteiger partial charge is 0.315 e. The van der Waals surface area contributed by atoms with Crippen molar-refractivity contribution in [1.29, 1.82) is 0 Å². The normalized spacial score (nSPS) is 30.2. The van der Waals surface area contributed by atoms with Crippen LogP contribution < -0.4 is 10.6 Å². The summed E-state index contributed by atoms with van der Waals surface area (Å²) in [4.78, 5) is 22.6. The number of carboxylic acids is 1. The van der Waals surface area contributed by atoms with E-state index in [1.807, 2.05) is 0 Å². The highest BCUT2D eigenvalue weighted by Crippen LogP contribution is 2.15. The van der Waals surface area contributed by atoms with E-state index in [1.54, 1.807) is 0 Å². The molecule has 0 aromatic heterocycles. The first-order chi connectivity index (χ1) is 9.16. The molecular formula is C12H20N2O5. The maximum absolute atomic E-state index is 11.6. The predicted molar refractivity (Wildman–Crippen MR) is 65.8 cm³/mol. The summed E-state index contributed by atoms with van der Waals surface area (Å²) < 4.78 is 10.3. The second-order valence-corrected chi connectivity index (χ2v) is 5.01. The number of aliphatic carboxylic acids is 1. The monoisotopic (exact) mass is 272 g/mol. The minimum Gasteiger partial charge on any atom is -0.481 e. The fourth-order valence-electron chi connectivity index (χ4n) is 2.36. The second kappa shape index (κ2) is 6.72. The third-order valence-electron chi connectivity index (χ3n) is 3.58. The van der Waals surface area contributed by atoms with E-state index < -0.39 is 17.9 Å². The van der Waals surface area contributed by atoms with E-state index in [2.05, 4.69) is 10.6 Å². The van der Waals surface area contributed by atoms with Crippen molar-refractivity contribution < 1.29 is 24.2 Å². The van der Waals surface area contributed by atoms with Gasteiger partial charge in [0.05, 0.1) is 19.3 Å². The molecule has 7 heteroatoms. The summed E-state index contributed by atoms with van der Waals surface area (Å²) in [5.41, 5.74) is 0. The van der Waals surface area contributed by atoms with Crippen molar-refractivity contribution in [2.45, 2.75) is 18.9 Å². The average molecular weight is 272 g/mol. The van der Waals surface area contributed by atoms with Crippen molar-refractivity contribution in [2.24, 2.45) is 11.8 Å². The number of carbonyl (C=O) groups is 2. The molecule has 0 aromatic carbocycles. The Kier molecular flexibility index (Phi) is 4.98. The van der Waals surface area contributed by atoms with Gasteiger partial charge in [0.2, 0.25) is 0 Å². The molecule has 2 saturated heterocycles. The van der Waals surface area contributed by atoms with E-state index in [9.17, 15) is 9.59 Å². The van der Waals surface area contributed by atoms with Crippen LogP contribution in [-0.4, -0.2) is 56.1 Å². The van der Waals surface area contributed by atoms with Crippen LogP contribution in [0.4, 0.5) is 4.79 Å². The van der Waals surface area contributed by atoms with Crippen molar-refractivity contribution in [1.82, 2.24) is 10.6 Å². The van der Waals surface area contributed by atoms with E-state index in [4.69, 9.17) is 14.6 Å². The number of urea groups is 1. The predicted octanol–water partition coefficient (Wildman–Crippen LogP) is -0.188. The van der Waals surface area contributed by atoms with Crippen LogP contribution in [0.2, 0.25) is 0 Å². The Morgan fingerprint density at radius 1 is 1.21 bits per heavy atom. The Hall–Kier alpha value is -1.34. The van der Waals surface area contributed by atoms with E-state index in [0.717, 1.165) is 26.1 Å². The third kappa shape index (κ3) is 4.07. The maximum atomic E-state index is 11.6. The number of hydrogen-bond donors (Lipinski definition) is 3. The first-order valence-corrected chi connectivity index (χ1v) is 6.59. The Morgan fingerprint density at radius 3 is 2.74 bits per heavy atom. The van der Waals surface area contributed by atoms with Crippen molar-refractivity contribution in [2.75, 3.05) is 33.0 Å². The van der Waals surface area contributed by atoms with Crippen LogP contribution in [0, 0.1) is 11.8 Å². The summed E-state index contributed by atoms with van der Waals surface area (Å²) in [5.74, 6) is -1.08. The van der Waals surface area contributed by atoms with E-state index in [1.165, 1.54) is 0 Å². The minimum atomic E-state index is -0.939. The van der Waals surface area contributed by atoms with E-state index in [-0.39, 0.29) is 19.2 Å². The topological polar surface area (TPSA) is 96.9 Å². The zero-order valence-electron chi connectivity index (χ0n) is 10.8. The Balaban J connectivity index is 1.64. The van der Waals surface area contributed by atoms with Gasteiger partial charge in [-0.1, -0.05) is 0 Å². The number of nitrogens with one attached hydrogen (secondary N) is 2. The molecule has 3 atom stereocenters. The highest BCUT2D eigenvalue weighted by atomic mass is 16.5. The fraction of sp³-hybridized carbons (Fsp3) is 0.833. The molecule has 7 nitrogen and oxygen atoms in total. The molecule has 3 unspecified atom stereocenters. The standard InChI is InChI=1S/C12H20N2O5/c15-11(16)9-6-19-7-10(9)14-12(17)13-3-1-8-2-4-18-5-8/h8-10H,1-7H2,(H,15,16)(H2,13,14,17). The molecule has 2 aliphatic heterocycles. The molecule has 19 heavy (non-hydrogen) atoms. The molecule has 108 valence electrons. The molecular weight excluding hydrogens is 252 g/mol. The quantitative estimate of drug-likeness (QED) is 0.644. The molecule has 2 heterocycles. The molecule has 2 aliphatic rings. The summed E-state index contributed by atoms with van der Waals surface area (Å²) >= 11 is 0. The Morgan fingerprint density at radius 2 is 2.05 bits per heavy atom. The molecule has 2 rings (SSSR count). The summed E-state index contributed by atoms with van der Waals surface area (Å²) in [7, 11) is 0. The van der Waals surface area contributed by atoms with Gasteiger partial charge in [-0.15, -0.1) is 0 Å². The van der Waals surface area contributed by atoms with Crippen LogP contribution in [0.25, 0.3) is 0 Å². The van der Waals surface area contributed by atoms with Gasteiger partial charge in [-0.2, -0.15) is 0 Å². The highest BCUT2D eigenvalue weighted by molar-refractivity contribution is 5.77. The van der Waals surface area contributed by atoms with Crippen LogP contribution in [0.5, 0.6) is 0 Å².